The minimum Gasteiger partial charge on any atom is -0.447 e. The number of esters is 1. The molecule has 0 saturated carbocycles. The van der Waals surface area contributed by atoms with E-state index in [1.54, 1.807) is 13.8 Å². The molecule has 3 aromatic heterocycles. The highest BCUT2D eigenvalue weighted by molar-refractivity contribution is 7.13. The van der Waals surface area contributed by atoms with E-state index in [0.717, 1.165) is 4.88 Å². The van der Waals surface area contributed by atoms with Gasteiger partial charge in [0.05, 0.1) is 10.6 Å². The molecule has 108 valence electrons. The molecule has 0 N–H and O–H groups in total. The first-order chi connectivity index (χ1) is 10.1. The summed E-state index contributed by atoms with van der Waals surface area (Å²) in [6.45, 7) is 3.36. The number of carbonyl (C=O) groups is 1. The van der Waals surface area contributed by atoms with Crippen LogP contribution in [-0.2, 0) is 4.74 Å². The number of hydrogen-bond acceptors (Lipinski definition) is 8. The van der Waals surface area contributed by atoms with E-state index in [4.69, 9.17) is 13.7 Å². The Labute approximate surface area is 123 Å². The van der Waals surface area contributed by atoms with E-state index >= 15 is 0 Å². The summed E-state index contributed by atoms with van der Waals surface area (Å²) in [5.74, 6) is 0.0396. The highest BCUT2D eigenvalue weighted by Crippen LogP contribution is 2.26. The Morgan fingerprint density at radius 1 is 1.43 bits per heavy atom. The summed E-state index contributed by atoms with van der Waals surface area (Å²) in [4.78, 5) is 12.7. The zero-order valence-corrected chi connectivity index (χ0v) is 12.1. The lowest BCUT2D eigenvalue weighted by molar-refractivity contribution is 0.0235. The Morgan fingerprint density at radius 3 is 2.95 bits per heavy atom. The molecule has 0 saturated heterocycles. The number of aromatic nitrogens is 3. The van der Waals surface area contributed by atoms with E-state index in [-0.39, 0.29) is 11.7 Å². The molecule has 0 radical (unpaired) electrons. The predicted octanol–water partition coefficient (Wildman–Crippen LogP) is 3.01. The summed E-state index contributed by atoms with van der Waals surface area (Å²) in [5.41, 5.74) is 0.604. The molecule has 0 unspecified atom stereocenters. The monoisotopic (exact) mass is 305 g/mol. The first-order valence-corrected chi connectivity index (χ1v) is 7.03. The molecule has 0 aliphatic carbocycles. The van der Waals surface area contributed by atoms with E-state index in [1.165, 1.54) is 17.4 Å². The van der Waals surface area contributed by atoms with Crippen LogP contribution in [-0.4, -0.2) is 21.3 Å². The van der Waals surface area contributed by atoms with Crippen LogP contribution in [0.25, 0.3) is 10.8 Å². The molecule has 3 aromatic rings. The van der Waals surface area contributed by atoms with Gasteiger partial charge in [0, 0.05) is 6.07 Å². The summed E-state index contributed by atoms with van der Waals surface area (Å²) in [5, 5.41) is 13.4. The second-order valence-corrected chi connectivity index (χ2v) is 5.25. The molecule has 1 atom stereocenters. The largest absolute Gasteiger partial charge is 0.447 e. The SMILES string of the molecule is Cc1cc(C(=O)O[C@@H](C)c2nnc(-c3cccs3)o2)on1. The summed E-state index contributed by atoms with van der Waals surface area (Å²) in [6, 6.07) is 5.26. The number of ether oxygens (including phenoxy) is 1. The molecular formula is C13H11N3O4S. The molecule has 3 rings (SSSR count). The molecule has 0 bridgehead atoms. The van der Waals surface area contributed by atoms with Crippen LogP contribution in [0, 0.1) is 6.92 Å². The van der Waals surface area contributed by atoms with Gasteiger partial charge in [-0.3, -0.25) is 0 Å². The van der Waals surface area contributed by atoms with Crippen LogP contribution >= 0.6 is 11.3 Å². The normalized spacial score (nSPS) is 12.3. The fourth-order valence-corrected chi connectivity index (χ4v) is 2.27. The van der Waals surface area contributed by atoms with Gasteiger partial charge in [0.15, 0.2) is 6.10 Å². The summed E-state index contributed by atoms with van der Waals surface area (Å²) < 4.78 is 15.5. The van der Waals surface area contributed by atoms with Crippen LogP contribution in [0.3, 0.4) is 0 Å². The number of carbonyl (C=O) groups excluding carboxylic acids is 1. The van der Waals surface area contributed by atoms with E-state index in [2.05, 4.69) is 15.4 Å². The maximum Gasteiger partial charge on any atom is 0.377 e. The van der Waals surface area contributed by atoms with Crippen molar-refractivity contribution in [1.82, 2.24) is 15.4 Å². The molecule has 0 aliphatic rings. The summed E-state index contributed by atoms with van der Waals surface area (Å²) in [6.07, 6.45) is -0.677. The van der Waals surface area contributed by atoms with Gasteiger partial charge in [0.2, 0.25) is 5.76 Å². The minimum atomic E-state index is -0.677. The van der Waals surface area contributed by atoms with Crippen LogP contribution in [0.4, 0.5) is 0 Å². The molecule has 8 heteroatoms. The van der Waals surface area contributed by atoms with Crippen molar-refractivity contribution in [3.05, 3.63) is 40.9 Å². The predicted molar refractivity (Wildman–Crippen MR) is 72.7 cm³/mol. The van der Waals surface area contributed by atoms with Crippen molar-refractivity contribution in [2.24, 2.45) is 0 Å². The maximum atomic E-state index is 11.8. The van der Waals surface area contributed by atoms with Gasteiger partial charge in [0.25, 0.3) is 11.8 Å². The van der Waals surface area contributed by atoms with Gasteiger partial charge in [-0.1, -0.05) is 11.2 Å². The van der Waals surface area contributed by atoms with Crippen molar-refractivity contribution in [3.63, 3.8) is 0 Å². The average molecular weight is 305 g/mol. The molecule has 0 aromatic carbocycles. The molecule has 7 nitrogen and oxygen atoms in total. The lowest BCUT2D eigenvalue weighted by atomic mass is 10.3. The second-order valence-electron chi connectivity index (χ2n) is 4.30. The molecule has 0 aliphatic heterocycles. The van der Waals surface area contributed by atoms with Crippen molar-refractivity contribution in [2.75, 3.05) is 0 Å². The Morgan fingerprint density at radius 2 is 2.29 bits per heavy atom. The van der Waals surface area contributed by atoms with Gasteiger partial charge >= 0.3 is 5.97 Å². The van der Waals surface area contributed by atoms with Crippen LogP contribution in [0.2, 0.25) is 0 Å². The van der Waals surface area contributed by atoms with E-state index in [1.807, 2.05) is 17.5 Å². The molecule has 21 heavy (non-hydrogen) atoms. The Hall–Kier alpha value is -2.48. The number of rotatable bonds is 4. The number of aryl methyl sites for hydroxylation is 1. The maximum absolute atomic E-state index is 11.8. The average Bonchev–Trinajstić information content (AvgIpc) is 3.19. The zero-order valence-electron chi connectivity index (χ0n) is 11.3. The quantitative estimate of drug-likeness (QED) is 0.684. The molecule has 0 amide bonds. The Bertz CT molecular complexity index is 747. The third-order valence-electron chi connectivity index (χ3n) is 2.63. The molecular weight excluding hydrogens is 294 g/mol. The number of thiophene rings is 1. The van der Waals surface area contributed by atoms with E-state index in [0.29, 0.717) is 11.6 Å². The third-order valence-corrected chi connectivity index (χ3v) is 3.49. The summed E-state index contributed by atoms with van der Waals surface area (Å²) >= 11 is 1.49. The zero-order chi connectivity index (χ0) is 14.8. The van der Waals surface area contributed by atoms with Crippen molar-refractivity contribution in [3.8, 4) is 10.8 Å². The second kappa shape index (κ2) is 5.49. The number of hydrogen-bond donors (Lipinski definition) is 0. The van der Waals surface area contributed by atoms with Crippen molar-refractivity contribution in [2.45, 2.75) is 20.0 Å². The smallest absolute Gasteiger partial charge is 0.377 e. The third kappa shape index (κ3) is 2.84. The Kier molecular flexibility index (Phi) is 3.53. The van der Waals surface area contributed by atoms with Gasteiger partial charge < -0.3 is 13.7 Å². The van der Waals surface area contributed by atoms with Crippen LogP contribution in [0.5, 0.6) is 0 Å². The lowest BCUT2D eigenvalue weighted by Crippen LogP contribution is -2.08. The van der Waals surface area contributed by atoms with Crippen molar-refractivity contribution >= 4 is 17.3 Å². The van der Waals surface area contributed by atoms with Gasteiger partial charge in [-0.25, -0.2) is 4.79 Å². The van der Waals surface area contributed by atoms with E-state index in [9.17, 15) is 4.79 Å². The highest BCUT2D eigenvalue weighted by atomic mass is 32.1. The number of nitrogens with zero attached hydrogens (tertiary/aromatic N) is 3. The van der Waals surface area contributed by atoms with Crippen molar-refractivity contribution < 1.29 is 18.5 Å². The molecule has 0 spiro atoms. The van der Waals surface area contributed by atoms with Crippen LogP contribution in [0.15, 0.2) is 32.5 Å². The van der Waals surface area contributed by atoms with Crippen molar-refractivity contribution in [1.29, 1.82) is 0 Å². The van der Waals surface area contributed by atoms with Gasteiger partial charge in [-0.05, 0) is 25.3 Å². The molecule has 0 fully saturated rings. The standard InChI is InChI=1S/C13H11N3O4S/c1-7-6-9(20-16-7)13(17)18-8(2)11-14-15-12(19-11)10-4-3-5-21-10/h3-6,8H,1-2H3/t8-/m0/s1. The Balaban J connectivity index is 1.71. The highest BCUT2D eigenvalue weighted by Gasteiger charge is 2.22. The minimum absolute atomic E-state index is 0.0392. The van der Waals surface area contributed by atoms with E-state index < -0.39 is 12.1 Å². The first-order valence-electron chi connectivity index (χ1n) is 6.15. The van der Waals surface area contributed by atoms with Gasteiger partial charge in [-0.15, -0.1) is 21.5 Å². The van der Waals surface area contributed by atoms with Crippen LogP contribution < -0.4 is 0 Å². The summed E-state index contributed by atoms with van der Waals surface area (Å²) in [7, 11) is 0. The van der Waals surface area contributed by atoms with Gasteiger partial charge in [0.1, 0.15) is 0 Å². The lowest BCUT2D eigenvalue weighted by Gasteiger charge is -2.06. The fourth-order valence-electron chi connectivity index (χ4n) is 1.63. The first kappa shape index (κ1) is 13.5. The fraction of sp³-hybridized carbons (Fsp3) is 0.231. The van der Waals surface area contributed by atoms with Crippen LogP contribution in [0.1, 0.15) is 35.2 Å². The molecule has 3 heterocycles. The topological polar surface area (TPSA) is 91.2 Å². The van der Waals surface area contributed by atoms with Gasteiger partial charge in [-0.2, -0.15) is 0 Å².